The highest BCUT2D eigenvalue weighted by molar-refractivity contribution is 5.86. The third-order valence-corrected chi connectivity index (χ3v) is 3.64. The molecule has 108 valence electrons. The lowest BCUT2D eigenvalue weighted by Crippen LogP contribution is -2.24. The Morgan fingerprint density at radius 3 is 2.43 bits per heavy atom. The number of hydrogen-bond donors (Lipinski definition) is 0. The highest BCUT2D eigenvalue weighted by Gasteiger charge is 2.16. The van der Waals surface area contributed by atoms with E-state index in [9.17, 15) is 5.26 Å². The van der Waals surface area contributed by atoms with Gasteiger partial charge in [0.1, 0.15) is 25.1 Å². The van der Waals surface area contributed by atoms with Crippen LogP contribution in [0.3, 0.4) is 0 Å². The number of hydrogen-bond acceptors (Lipinski definition) is 5. The van der Waals surface area contributed by atoms with Gasteiger partial charge in [0.2, 0.25) is 0 Å². The van der Waals surface area contributed by atoms with Gasteiger partial charge in [0.15, 0.2) is 11.5 Å². The molecule has 0 radical (unpaired) electrons. The third kappa shape index (κ3) is 2.33. The minimum absolute atomic E-state index is 0.550. The number of ether oxygens (including phenoxy) is 2. The molecule has 0 spiro atoms. The molecule has 0 unspecified atom stereocenters. The summed E-state index contributed by atoms with van der Waals surface area (Å²) in [5.41, 5.74) is 1.41. The Morgan fingerprint density at radius 1 is 1.14 bits per heavy atom. The van der Waals surface area contributed by atoms with Crippen LogP contribution in [0.1, 0.15) is 19.4 Å². The number of aromatic nitrogens is 1. The van der Waals surface area contributed by atoms with E-state index in [0.29, 0.717) is 18.8 Å². The summed E-state index contributed by atoms with van der Waals surface area (Å²) in [6, 6.07) is 7.89. The Labute approximate surface area is 123 Å². The van der Waals surface area contributed by atoms with Crippen LogP contribution >= 0.6 is 0 Å². The zero-order chi connectivity index (χ0) is 14.8. The van der Waals surface area contributed by atoms with Gasteiger partial charge in [0.05, 0.1) is 11.1 Å². The first-order valence-corrected chi connectivity index (χ1v) is 7.16. The van der Waals surface area contributed by atoms with Crippen LogP contribution in [-0.4, -0.2) is 31.3 Å². The van der Waals surface area contributed by atoms with E-state index in [4.69, 9.17) is 9.47 Å². The molecule has 2 aromatic rings. The molecule has 5 nitrogen and oxygen atoms in total. The average molecular weight is 283 g/mol. The molecule has 3 rings (SSSR count). The summed E-state index contributed by atoms with van der Waals surface area (Å²) in [6.45, 7) is 6.84. The molecule has 1 aliphatic rings. The molecule has 0 atom stereocenters. The van der Waals surface area contributed by atoms with Crippen LogP contribution in [0.4, 0.5) is 5.82 Å². The summed E-state index contributed by atoms with van der Waals surface area (Å²) < 4.78 is 11.2. The van der Waals surface area contributed by atoms with Crippen molar-refractivity contribution in [3.8, 4) is 17.6 Å². The highest BCUT2D eigenvalue weighted by atomic mass is 16.6. The Kier molecular flexibility index (Phi) is 3.53. The van der Waals surface area contributed by atoms with Crippen molar-refractivity contribution in [1.82, 2.24) is 4.98 Å². The van der Waals surface area contributed by atoms with Gasteiger partial charge >= 0.3 is 0 Å². The van der Waals surface area contributed by atoms with Crippen LogP contribution < -0.4 is 14.4 Å². The number of pyridine rings is 1. The fraction of sp³-hybridized carbons (Fsp3) is 0.375. The normalized spacial score (nSPS) is 13.0. The third-order valence-electron chi connectivity index (χ3n) is 3.64. The van der Waals surface area contributed by atoms with Gasteiger partial charge in [-0.25, -0.2) is 4.98 Å². The van der Waals surface area contributed by atoms with E-state index in [2.05, 4.69) is 29.8 Å². The zero-order valence-electron chi connectivity index (χ0n) is 12.2. The minimum atomic E-state index is 0.550. The number of nitrogens with zero attached hydrogens (tertiary/aromatic N) is 3. The molecule has 0 bridgehead atoms. The summed E-state index contributed by atoms with van der Waals surface area (Å²) in [7, 11) is 0. The van der Waals surface area contributed by atoms with E-state index in [-0.39, 0.29) is 0 Å². The lowest BCUT2D eigenvalue weighted by atomic mass is 10.1. The summed E-state index contributed by atoms with van der Waals surface area (Å²) >= 11 is 0. The summed E-state index contributed by atoms with van der Waals surface area (Å²) in [5.74, 6) is 2.16. The molecule has 1 aliphatic heterocycles. The fourth-order valence-electron chi connectivity index (χ4n) is 2.55. The second-order valence-corrected chi connectivity index (χ2v) is 4.83. The van der Waals surface area contributed by atoms with E-state index < -0.39 is 0 Å². The van der Waals surface area contributed by atoms with Crippen LogP contribution in [0, 0.1) is 11.3 Å². The second-order valence-electron chi connectivity index (χ2n) is 4.83. The number of benzene rings is 1. The van der Waals surface area contributed by atoms with Gasteiger partial charge in [0, 0.05) is 24.5 Å². The topological polar surface area (TPSA) is 58.4 Å². The predicted molar refractivity (Wildman–Crippen MR) is 81.0 cm³/mol. The summed E-state index contributed by atoms with van der Waals surface area (Å²) in [5, 5.41) is 10.3. The quantitative estimate of drug-likeness (QED) is 0.867. The molecule has 0 saturated carbocycles. The zero-order valence-corrected chi connectivity index (χ0v) is 12.2. The molecule has 0 saturated heterocycles. The first kappa shape index (κ1) is 13.5. The Balaban J connectivity index is 2.19. The summed E-state index contributed by atoms with van der Waals surface area (Å²) in [6.07, 6.45) is 0. The summed E-state index contributed by atoms with van der Waals surface area (Å²) in [4.78, 5) is 6.74. The number of nitriles is 1. The number of rotatable bonds is 3. The lowest BCUT2D eigenvalue weighted by molar-refractivity contribution is 0.172. The van der Waals surface area contributed by atoms with Crippen molar-refractivity contribution in [1.29, 1.82) is 5.26 Å². The van der Waals surface area contributed by atoms with Crippen LogP contribution in [0.5, 0.6) is 11.5 Å². The molecule has 1 aromatic carbocycles. The van der Waals surface area contributed by atoms with E-state index in [0.717, 1.165) is 41.3 Å². The highest BCUT2D eigenvalue weighted by Crippen LogP contribution is 2.35. The average Bonchev–Trinajstić information content (AvgIpc) is 2.53. The molecular weight excluding hydrogens is 266 g/mol. The molecule has 0 amide bonds. The smallest absolute Gasteiger partial charge is 0.163 e. The van der Waals surface area contributed by atoms with Gasteiger partial charge in [-0.05, 0) is 26.0 Å². The van der Waals surface area contributed by atoms with Crippen LogP contribution in [0.2, 0.25) is 0 Å². The maximum atomic E-state index is 9.38. The van der Waals surface area contributed by atoms with Gasteiger partial charge in [-0.3, -0.25) is 0 Å². The minimum Gasteiger partial charge on any atom is -0.486 e. The van der Waals surface area contributed by atoms with Crippen LogP contribution in [-0.2, 0) is 0 Å². The molecule has 0 fully saturated rings. The van der Waals surface area contributed by atoms with E-state index in [1.54, 1.807) is 0 Å². The van der Waals surface area contributed by atoms with Gasteiger partial charge in [-0.15, -0.1) is 0 Å². The maximum absolute atomic E-state index is 9.38. The van der Waals surface area contributed by atoms with Crippen LogP contribution in [0.15, 0.2) is 18.2 Å². The molecule has 0 aliphatic carbocycles. The van der Waals surface area contributed by atoms with Crippen molar-refractivity contribution in [3.63, 3.8) is 0 Å². The molecule has 2 heterocycles. The lowest BCUT2D eigenvalue weighted by Gasteiger charge is -2.22. The Hall–Kier alpha value is -2.48. The van der Waals surface area contributed by atoms with Gasteiger partial charge in [-0.2, -0.15) is 5.26 Å². The largest absolute Gasteiger partial charge is 0.486 e. The standard InChI is InChI=1S/C16H17N3O2/c1-3-19(4-2)16-12(10-17)7-11-8-14-15(9-13(11)18-16)21-6-5-20-14/h7-9H,3-6H2,1-2H3. The SMILES string of the molecule is CCN(CC)c1nc2cc3c(cc2cc1C#N)OCCO3. The molecule has 5 heteroatoms. The van der Waals surface area contributed by atoms with Gasteiger partial charge in [0.25, 0.3) is 0 Å². The van der Waals surface area contributed by atoms with Crippen molar-refractivity contribution < 1.29 is 9.47 Å². The number of fused-ring (bicyclic) bond motifs is 2. The van der Waals surface area contributed by atoms with Crippen molar-refractivity contribution in [3.05, 3.63) is 23.8 Å². The van der Waals surface area contributed by atoms with E-state index in [1.807, 2.05) is 18.2 Å². The van der Waals surface area contributed by atoms with Crippen molar-refractivity contribution in [2.24, 2.45) is 0 Å². The van der Waals surface area contributed by atoms with Crippen molar-refractivity contribution >= 4 is 16.7 Å². The van der Waals surface area contributed by atoms with Gasteiger partial charge in [-0.1, -0.05) is 0 Å². The Morgan fingerprint density at radius 2 is 1.81 bits per heavy atom. The maximum Gasteiger partial charge on any atom is 0.163 e. The molecular formula is C16H17N3O2. The second kappa shape index (κ2) is 5.49. The monoisotopic (exact) mass is 283 g/mol. The fourth-order valence-corrected chi connectivity index (χ4v) is 2.55. The number of anilines is 1. The molecule has 0 N–H and O–H groups in total. The van der Waals surface area contributed by atoms with E-state index >= 15 is 0 Å². The van der Waals surface area contributed by atoms with Crippen molar-refractivity contribution in [2.75, 3.05) is 31.2 Å². The molecule has 21 heavy (non-hydrogen) atoms. The first-order chi connectivity index (χ1) is 10.3. The van der Waals surface area contributed by atoms with Crippen molar-refractivity contribution in [2.45, 2.75) is 13.8 Å². The molecule has 1 aromatic heterocycles. The first-order valence-electron chi connectivity index (χ1n) is 7.16. The van der Waals surface area contributed by atoms with Crippen LogP contribution in [0.25, 0.3) is 10.9 Å². The Bertz CT molecular complexity index is 718. The van der Waals surface area contributed by atoms with E-state index in [1.165, 1.54) is 0 Å². The predicted octanol–water partition coefficient (Wildman–Crippen LogP) is 2.72. The van der Waals surface area contributed by atoms with Gasteiger partial charge < -0.3 is 14.4 Å².